The van der Waals surface area contributed by atoms with Crippen LogP contribution in [0.5, 0.6) is 5.75 Å². The summed E-state index contributed by atoms with van der Waals surface area (Å²) in [5, 5.41) is 4.05. The van der Waals surface area contributed by atoms with Gasteiger partial charge in [-0.25, -0.2) is 0 Å². The van der Waals surface area contributed by atoms with Crippen molar-refractivity contribution in [3.8, 4) is 17.1 Å². The molecule has 6 nitrogen and oxygen atoms in total. The Kier molecular flexibility index (Phi) is 3.90. The van der Waals surface area contributed by atoms with Crippen LogP contribution in [0.2, 0.25) is 0 Å². The molecule has 112 valence electrons. The van der Waals surface area contributed by atoms with Gasteiger partial charge in [0, 0.05) is 18.8 Å². The molecule has 0 spiro atoms. The highest BCUT2D eigenvalue weighted by molar-refractivity contribution is 5.56. The van der Waals surface area contributed by atoms with Crippen LogP contribution in [0.4, 0.5) is 0 Å². The van der Waals surface area contributed by atoms with Gasteiger partial charge < -0.3 is 19.7 Å². The number of benzene rings is 1. The maximum Gasteiger partial charge on any atom is 0.247 e. The number of rotatable bonds is 4. The van der Waals surface area contributed by atoms with Gasteiger partial charge in [-0.3, -0.25) is 0 Å². The number of nitrogens with two attached hydrogens (primary N) is 1. The standard InChI is InChI=1S/C15H19N3O3/c1-2-20-12-5-3-4-11(10-12)13-17-14(21-18-13)15(16)6-8-19-9-7-15/h3-5,10H,2,6-9,16H2,1H3. The monoisotopic (exact) mass is 289 g/mol. The summed E-state index contributed by atoms with van der Waals surface area (Å²) < 4.78 is 16.2. The Balaban J connectivity index is 1.86. The summed E-state index contributed by atoms with van der Waals surface area (Å²) >= 11 is 0. The maximum atomic E-state index is 6.35. The topological polar surface area (TPSA) is 83.4 Å². The Bertz CT molecular complexity index is 606. The van der Waals surface area contributed by atoms with Crippen LogP contribution in [0, 0.1) is 0 Å². The van der Waals surface area contributed by atoms with Gasteiger partial charge in [-0.1, -0.05) is 17.3 Å². The number of ether oxygens (including phenoxy) is 2. The SMILES string of the molecule is CCOc1cccc(-c2noc(C3(N)CCOCC3)n2)c1. The first-order chi connectivity index (χ1) is 10.2. The molecule has 2 N–H and O–H groups in total. The van der Waals surface area contributed by atoms with E-state index < -0.39 is 5.54 Å². The summed E-state index contributed by atoms with van der Waals surface area (Å²) in [4.78, 5) is 4.46. The van der Waals surface area contributed by atoms with Gasteiger partial charge in [-0.2, -0.15) is 4.98 Å². The number of hydrogen-bond donors (Lipinski definition) is 1. The largest absolute Gasteiger partial charge is 0.494 e. The molecule has 1 aromatic carbocycles. The second-order valence-corrected chi connectivity index (χ2v) is 5.15. The molecule has 6 heteroatoms. The molecule has 1 fully saturated rings. The molecule has 2 aromatic rings. The van der Waals surface area contributed by atoms with Gasteiger partial charge in [-0.05, 0) is 31.9 Å². The van der Waals surface area contributed by atoms with Crippen molar-refractivity contribution in [3.63, 3.8) is 0 Å². The van der Waals surface area contributed by atoms with Crippen molar-refractivity contribution in [2.75, 3.05) is 19.8 Å². The third-order valence-electron chi connectivity index (χ3n) is 3.64. The first kappa shape index (κ1) is 14.0. The average Bonchev–Trinajstić information content (AvgIpc) is 2.99. The fourth-order valence-corrected chi connectivity index (χ4v) is 2.38. The molecule has 1 aliphatic heterocycles. The second-order valence-electron chi connectivity index (χ2n) is 5.15. The highest BCUT2D eigenvalue weighted by atomic mass is 16.5. The highest BCUT2D eigenvalue weighted by Crippen LogP contribution is 2.30. The molecule has 0 saturated carbocycles. The molecule has 1 aromatic heterocycles. The fraction of sp³-hybridized carbons (Fsp3) is 0.467. The summed E-state index contributed by atoms with van der Waals surface area (Å²) in [5.41, 5.74) is 6.62. The number of nitrogens with zero attached hydrogens (tertiary/aromatic N) is 2. The molecule has 0 amide bonds. The zero-order valence-electron chi connectivity index (χ0n) is 12.0. The van der Waals surface area contributed by atoms with Crippen molar-refractivity contribution in [3.05, 3.63) is 30.2 Å². The summed E-state index contributed by atoms with van der Waals surface area (Å²) in [7, 11) is 0. The maximum absolute atomic E-state index is 6.35. The quantitative estimate of drug-likeness (QED) is 0.928. The lowest BCUT2D eigenvalue weighted by atomic mass is 9.91. The number of hydrogen-bond acceptors (Lipinski definition) is 6. The van der Waals surface area contributed by atoms with E-state index in [0.29, 0.717) is 44.4 Å². The normalized spacial score (nSPS) is 17.6. The molecule has 0 radical (unpaired) electrons. The first-order valence-corrected chi connectivity index (χ1v) is 7.15. The molecule has 1 saturated heterocycles. The molecule has 2 heterocycles. The molecule has 21 heavy (non-hydrogen) atoms. The first-order valence-electron chi connectivity index (χ1n) is 7.15. The van der Waals surface area contributed by atoms with Crippen molar-refractivity contribution in [2.24, 2.45) is 5.73 Å². The van der Waals surface area contributed by atoms with Crippen LogP contribution in [-0.4, -0.2) is 30.0 Å². The second kappa shape index (κ2) is 5.83. The smallest absolute Gasteiger partial charge is 0.247 e. The molecule has 0 bridgehead atoms. The molecule has 1 aliphatic rings. The Morgan fingerprint density at radius 3 is 2.90 bits per heavy atom. The van der Waals surface area contributed by atoms with Crippen molar-refractivity contribution in [1.82, 2.24) is 10.1 Å². The minimum atomic E-state index is -0.582. The van der Waals surface area contributed by atoms with Crippen molar-refractivity contribution < 1.29 is 14.0 Å². The van der Waals surface area contributed by atoms with Crippen molar-refractivity contribution in [1.29, 1.82) is 0 Å². The van der Waals surface area contributed by atoms with Crippen LogP contribution in [0.3, 0.4) is 0 Å². The highest BCUT2D eigenvalue weighted by Gasteiger charge is 2.35. The lowest BCUT2D eigenvalue weighted by Gasteiger charge is -2.29. The third kappa shape index (κ3) is 2.91. The Hall–Kier alpha value is -1.92. The molecular weight excluding hydrogens is 270 g/mol. The summed E-state index contributed by atoms with van der Waals surface area (Å²) in [6.45, 7) is 3.80. The van der Waals surface area contributed by atoms with Gasteiger partial charge in [0.25, 0.3) is 0 Å². The molecule has 3 rings (SSSR count). The van der Waals surface area contributed by atoms with Crippen LogP contribution >= 0.6 is 0 Å². The van der Waals surface area contributed by atoms with E-state index in [1.165, 1.54) is 0 Å². The Labute approximate surface area is 123 Å². The Morgan fingerprint density at radius 2 is 2.14 bits per heavy atom. The van der Waals surface area contributed by atoms with E-state index in [-0.39, 0.29) is 0 Å². The Morgan fingerprint density at radius 1 is 1.33 bits per heavy atom. The van der Waals surface area contributed by atoms with E-state index in [9.17, 15) is 0 Å². The van der Waals surface area contributed by atoms with Crippen LogP contribution < -0.4 is 10.5 Å². The molecule has 0 unspecified atom stereocenters. The van der Waals surface area contributed by atoms with Gasteiger partial charge in [0.05, 0.1) is 6.61 Å². The molecule has 0 atom stereocenters. The lowest BCUT2D eigenvalue weighted by molar-refractivity contribution is 0.0400. The fourth-order valence-electron chi connectivity index (χ4n) is 2.38. The van der Waals surface area contributed by atoms with Gasteiger partial charge in [0.1, 0.15) is 11.3 Å². The average molecular weight is 289 g/mol. The van der Waals surface area contributed by atoms with Crippen molar-refractivity contribution >= 4 is 0 Å². The van der Waals surface area contributed by atoms with E-state index in [1.807, 2.05) is 31.2 Å². The van der Waals surface area contributed by atoms with Crippen LogP contribution in [0.15, 0.2) is 28.8 Å². The third-order valence-corrected chi connectivity index (χ3v) is 3.64. The van der Waals surface area contributed by atoms with Crippen molar-refractivity contribution in [2.45, 2.75) is 25.3 Å². The summed E-state index contributed by atoms with van der Waals surface area (Å²) in [6.07, 6.45) is 1.38. The predicted octanol–water partition coefficient (Wildman–Crippen LogP) is 2.10. The van der Waals surface area contributed by atoms with Gasteiger partial charge >= 0.3 is 0 Å². The zero-order chi connectivity index (χ0) is 14.7. The lowest BCUT2D eigenvalue weighted by Crippen LogP contribution is -2.42. The predicted molar refractivity (Wildman–Crippen MR) is 76.8 cm³/mol. The van der Waals surface area contributed by atoms with Gasteiger partial charge in [0.15, 0.2) is 0 Å². The minimum Gasteiger partial charge on any atom is -0.494 e. The van der Waals surface area contributed by atoms with Gasteiger partial charge in [-0.15, -0.1) is 0 Å². The van der Waals surface area contributed by atoms with E-state index in [2.05, 4.69) is 10.1 Å². The van der Waals surface area contributed by atoms with Crippen LogP contribution in [0.1, 0.15) is 25.7 Å². The molecule has 0 aliphatic carbocycles. The summed E-state index contributed by atoms with van der Waals surface area (Å²) in [5.74, 6) is 1.79. The zero-order valence-corrected chi connectivity index (χ0v) is 12.0. The van der Waals surface area contributed by atoms with E-state index in [4.69, 9.17) is 19.7 Å². The van der Waals surface area contributed by atoms with E-state index in [1.54, 1.807) is 0 Å². The number of aromatic nitrogens is 2. The van der Waals surface area contributed by atoms with Gasteiger partial charge in [0.2, 0.25) is 11.7 Å². The van der Waals surface area contributed by atoms with E-state index >= 15 is 0 Å². The van der Waals surface area contributed by atoms with E-state index in [0.717, 1.165) is 11.3 Å². The minimum absolute atomic E-state index is 0.475. The van der Waals surface area contributed by atoms with Crippen LogP contribution in [0.25, 0.3) is 11.4 Å². The summed E-state index contributed by atoms with van der Waals surface area (Å²) in [6, 6.07) is 7.62. The van der Waals surface area contributed by atoms with Crippen LogP contribution in [-0.2, 0) is 10.3 Å². The molecular formula is C15H19N3O3.